The SMILES string of the molecule is COc1cccc(CO/N=C\c2cccn2-c2nccc(OC)c2C#N)c1. The molecule has 0 saturated carbocycles. The van der Waals surface area contributed by atoms with Crippen LogP contribution in [0.5, 0.6) is 11.5 Å². The number of nitriles is 1. The lowest BCUT2D eigenvalue weighted by Gasteiger charge is -2.10. The molecule has 7 heteroatoms. The average molecular weight is 362 g/mol. The van der Waals surface area contributed by atoms with Gasteiger partial charge in [-0.15, -0.1) is 0 Å². The fraction of sp³-hybridized carbons (Fsp3) is 0.150. The lowest BCUT2D eigenvalue weighted by Crippen LogP contribution is -2.05. The second-order valence-electron chi connectivity index (χ2n) is 5.49. The molecule has 0 aliphatic carbocycles. The monoisotopic (exact) mass is 362 g/mol. The van der Waals surface area contributed by atoms with E-state index in [1.165, 1.54) is 7.11 Å². The Bertz CT molecular complexity index is 989. The standard InChI is InChI=1S/C20H18N4O3/c1-25-17-7-3-5-15(11-17)14-27-23-13-16-6-4-10-24(16)20-18(12-21)19(26-2)8-9-22-20/h3-11,13H,14H2,1-2H3/b23-13-. The van der Waals surface area contributed by atoms with Gasteiger partial charge in [0.2, 0.25) is 0 Å². The Hall–Kier alpha value is -3.79. The molecular formula is C20H18N4O3. The molecule has 136 valence electrons. The largest absolute Gasteiger partial charge is 0.497 e. The van der Waals surface area contributed by atoms with Crippen LogP contribution >= 0.6 is 0 Å². The molecule has 7 nitrogen and oxygen atoms in total. The third-order valence-electron chi connectivity index (χ3n) is 3.86. The quantitative estimate of drug-likeness (QED) is 0.476. The highest BCUT2D eigenvalue weighted by atomic mass is 16.6. The number of hydrogen-bond acceptors (Lipinski definition) is 6. The van der Waals surface area contributed by atoms with E-state index in [0.717, 1.165) is 17.0 Å². The number of oxime groups is 1. The Morgan fingerprint density at radius 2 is 2.07 bits per heavy atom. The van der Waals surface area contributed by atoms with E-state index < -0.39 is 0 Å². The van der Waals surface area contributed by atoms with Crippen molar-refractivity contribution in [2.45, 2.75) is 6.61 Å². The fourth-order valence-electron chi connectivity index (χ4n) is 2.55. The van der Waals surface area contributed by atoms with Crippen molar-refractivity contribution < 1.29 is 14.3 Å². The zero-order valence-corrected chi connectivity index (χ0v) is 15.0. The summed E-state index contributed by atoms with van der Waals surface area (Å²) in [7, 11) is 3.14. The van der Waals surface area contributed by atoms with Crippen molar-refractivity contribution in [3.8, 4) is 23.4 Å². The zero-order valence-electron chi connectivity index (χ0n) is 15.0. The maximum Gasteiger partial charge on any atom is 0.158 e. The van der Waals surface area contributed by atoms with Gasteiger partial charge in [-0.2, -0.15) is 5.26 Å². The summed E-state index contributed by atoms with van der Waals surface area (Å²) in [6.07, 6.45) is 4.96. The highest BCUT2D eigenvalue weighted by Gasteiger charge is 2.13. The van der Waals surface area contributed by atoms with Crippen molar-refractivity contribution in [1.29, 1.82) is 5.26 Å². The van der Waals surface area contributed by atoms with E-state index in [1.807, 2.05) is 36.4 Å². The van der Waals surface area contributed by atoms with E-state index in [4.69, 9.17) is 14.3 Å². The second kappa shape index (κ2) is 8.54. The number of nitrogens with zero attached hydrogens (tertiary/aromatic N) is 4. The third kappa shape index (κ3) is 4.07. The van der Waals surface area contributed by atoms with Gasteiger partial charge in [0.05, 0.1) is 26.1 Å². The van der Waals surface area contributed by atoms with E-state index in [9.17, 15) is 5.26 Å². The molecule has 27 heavy (non-hydrogen) atoms. The van der Waals surface area contributed by atoms with Gasteiger partial charge in [0.1, 0.15) is 29.7 Å². The molecule has 0 N–H and O–H groups in total. The summed E-state index contributed by atoms with van der Waals surface area (Å²) in [6, 6.07) is 15.0. The first-order valence-corrected chi connectivity index (χ1v) is 8.16. The van der Waals surface area contributed by atoms with Crippen LogP contribution in [-0.2, 0) is 11.4 Å². The molecule has 2 heterocycles. The summed E-state index contributed by atoms with van der Waals surface area (Å²) in [5.41, 5.74) is 2.02. The lowest BCUT2D eigenvalue weighted by molar-refractivity contribution is 0.132. The van der Waals surface area contributed by atoms with Gasteiger partial charge in [-0.05, 0) is 35.9 Å². The molecule has 0 amide bonds. The molecular weight excluding hydrogens is 344 g/mol. The first-order valence-electron chi connectivity index (χ1n) is 8.16. The lowest BCUT2D eigenvalue weighted by atomic mass is 10.2. The van der Waals surface area contributed by atoms with Gasteiger partial charge in [-0.1, -0.05) is 17.3 Å². The number of benzene rings is 1. The van der Waals surface area contributed by atoms with Crippen molar-refractivity contribution in [3.05, 3.63) is 71.7 Å². The summed E-state index contributed by atoms with van der Waals surface area (Å²) in [6.45, 7) is 0.315. The van der Waals surface area contributed by atoms with E-state index in [1.54, 1.807) is 36.4 Å². The molecule has 3 rings (SSSR count). The zero-order chi connectivity index (χ0) is 19.1. The topological polar surface area (TPSA) is 81.7 Å². The molecule has 0 aliphatic rings. The second-order valence-corrected chi connectivity index (χ2v) is 5.49. The van der Waals surface area contributed by atoms with Crippen LogP contribution < -0.4 is 9.47 Å². The molecule has 0 saturated heterocycles. The Morgan fingerprint density at radius 1 is 1.19 bits per heavy atom. The molecule has 0 spiro atoms. The van der Waals surface area contributed by atoms with Gasteiger partial charge >= 0.3 is 0 Å². The number of ether oxygens (including phenoxy) is 2. The van der Waals surface area contributed by atoms with Crippen molar-refractivity contribution in [3.63, 3.8) is 0 Å². The minimum Gasteiger partial charge on any atom is -0.497 e. The van der Waals surface area contributed by atoms with Crippen molar-refractivity contribution >= 4 is 6.21 Å². The van der Waals surface area contributed by atoms with Crippen LogP contribution in [0, 0.1) is 11.3 Å². The number of pyridine rings is 1. The van der Waals surface area contributed by atoms with Crippen molar-refractivity contribution in [2.75, 3.05) is 14.2 Å². The van der Waals surface area contributed by atoms with E-state index in [0.29, 0.717) is 23.7 Å². The predicted octanol–water partition coefficient (Wildman–Crippen LogP) is 3.31. The van der Waals surface area contributed by atoms with Gasteiger partial charge in [0.15, 0.2) is 5.82 Å². The summed E-state index contributed by atoms with van der Waals surface area (Å²) in [5, 5.41) is 13.5. The maximum atomic E-state index is 9.45. The molecule has 1 aromatic carbocycles. The van der Waals surface area contributed by atoms with Gasteiger partial charge < -0.3 is 14.3 Å². The van der Waals surface area contributed by atoms with Gasteiger partial charge in [0, 0.05) is 12.4 Å². The van der Waals surface area contributed by atoms with E-state index in [-0.39, 0.29) is 0 Å². The van der Waals surface area contributed by atoms with Crippen molar-refractivity contribution in [2.24, 2.45) is 5.16 Å². The summed E-state index contributed by atoms with van der Waals surface area (Å²) in [4.78, 5) is 9.68. The Balaban J connectivity index is 1.76. The third-order valence-corrected chi connectivity index (χ3v) is 3.86. The highest BCUT2D eigenvalue weighted by molar-refractivity contribution is 5.78. The molecule has 0 atom stereocenters. The number of methoxy groups -OCH3 is 2. The van der Waals surface area contributed by atoms with Crippen LogP contribution in [0.25, 0.3) is 5.82 Å². The fourth-order valence-corrected chi connectivity index (χ4v) is 2.55. The Morgan fingerprint density at radius 3 is 2.85 bits per heavy atom. The summed E-state index contributed by atoms with van der Waals surface area (Å²) in [5.74, 6) is 1.70. The molecule has 0 aliphatic heterocycles. The van der Waals surface area contributed by atoms with Gasteiger partial charge in [0.25, 0.3) is 0 Å². The number of hydrogen-bond donors (Lipinski definition) is 0. The predicted molar refractivity (Wildman–Crippen MR) is 100 cm³/mol. The van der Waals surface area contributed by atoms with E-state index in [2.05, 4.69) is 16.2 Å². The van der Waals surface area contributed by atoms with Crippen LogP contribution in [0.15, 0.2) is 60.0 Å². The molecule has 0 radical (unpaired) electrons. The minimum atomic E-state index is 0.315. The van der Waals surface area contributed by atoms with Crippen LogP contribution in [0.2, 0.25) is 0 Å². The normalized spacial score (nSPS) is 10.6. The van der Waals surface area contributed by atoms with Gasteiger partial charge in [-0.25, -0.2) is 4.98 Å². The first kappa shape index (κ1) is 18.0. The smallest absolute Gasteiger partial charge is 0.158 e. The number of rotatable bonds is 7. The molecule has 0 unspecified atom stereocenters. The summed E-state index contributed by atoms with van der Waals surface area (Å²) >= 11 is 0. The molecule has 3 aromatic rings. The van der Waals surface area contributed by atoms with E-state index >= 15 is 0 Å². The molecule has 0 fully saturated rings. The first-order chi connectivity index (χ1) is 13.3. The Kier molecular flexibility index (Phi) is 5.70. The summed E-state index contributed by atoms with van der Waals surface area (Å²) < 4.78 is 12.2. The van der Waals surface area contributed by atoms with Gasteiger partial charge in [-0.3, -0.25) is 4.57 Å². The minimum absolute atomic E-state index is 0.315. The Labute approximate surface area is 157 Å². The molecule has 2 aromatic heterocycles. The number of aromatic nitrogens is 2. The van der Waals surface area contributed by atoms with Crippen LogP contribution in [-0.4, -0.2) is 30.0 Å². The van der Waals surface area contributed by atoms with Crippen LogP contribution in [0.1, 0.15) is 16.8 Å². The van der Waals surface area contributed by atoms with Crippen molar-refractivity contribution in [1.82, 2.24) is 9.55 Å². The van der Waals surface area contributed by atoms with Crippen LogP contribution in [0.4, 0.5) is 0 Å². The average Bonchev–Trinajstić information content (AvgIpc) is 3.19. The van der Waals surface area contributed by atoms with Crippen LogP contribution in [0.3, 0.4) is 0 Å². The molecule has 0 bridgehead atoms. The highest BCUT2D eigenvalue weighted by Crippen LogP contribution is 2.23. The maximum absolute atomic E-state index is 9.45.